The number of nitrogen functional groups attached to an aromatic ring is 1. The number of aromatic nitrogens is 2. The third-order valence-electron chi connectivity index (χ3n) is 6.63. The SMILES string of the molecule is NCC1CCC(CNc2cc(N)nc(N3CCN(C(=O)OCc4ccccc4)CC3)n2)CC1. The second-order valence-electron chi connectivity index (χ2n) is 9.00. The molecule has 178 valence electrons. The summed E-state index contributed by atoms with van der Waals surface area (Å²) in [6.07, 6.45) is 4.52. The number of piperazine rings is 1. The largest absolute Gasteiger partial charge is 0.445 e. The summed E-state index contributed by atoms with van der Waals surface area (Å²) in [5, 5.41) is 3.45. The fourth-order valence-corrected chi connectivity index (χ4v) is 4.50. The molecular formula is C24H35N7O2. The minimum Gasteiger partial charge on any atom is -0.445 e. The van der Waals surface area contributed by atoms with Crippen molar-refractivity contribution < 1.29 is 9.53 Å². The van der Waals surface area contributed by atoms with Crippen LogP contribution in [0.2, 0.25) is 0 Å². The molecule has 1 saturated carbocycles. The van der Waals surface area contributed by atoms with Crippen LogP contribution in [0.15, 0.2) is 36.4 Å². The molecule has 0 bridgehead atoms. The molecule has 0 radical (unpaired) electrons. The number of hydrogen-bond acceptors (Lipinski definition) is 8. The lowest BCUT2D eigenvalue weighted by molar-refractivity contribution is 0.0941. The molecule has 9 heteroatoms. The van der Waals surface area contributed by atoms with Crippen LogP contribution < -0.4 is 21.7 Å². The lowest BCUT2D eigenvalue weighted by Gasteiger charge is -2.34. The first kappa shape index (κ1) is 23.1. The first-order valence-corrected chi connectivity index (χ1v) is 11.9. The number of rotatable bonds is 7. The van der Waals surface area contributed by atoms with Gasteiger partial charge in [0.1, 0.15) is 18.2 Å². The van der Waals surface area contributed by atoms with Gasteiger partial charge in [0.05, 0.1) is 0 Å². The maximum atomic E-state index is 12.4. The molecule has 2 heterocycles. The Balaban J connectivity index is 1.25. The van der Waals surface area contributed by atoms with Gasteiger partial charge in [0.15, 0.2) is 0 Å². The number of benzene rings is 1. The number of ether oxygens (including phenoxy) is 1. The fourth-order valence-electron chi connectivity index (χ4n) is 4.50. The molecule has 2 aliphatic rings. The predicted molar refractivity (Wildman–Crippen MR) is 130 cm³/mol. The molecule has 0 spiro atoms. The van der Waals surface area contributed by atoms with Gasteiger partial charge in [-0.05, 0) is 49.6 Å². The van der Waals surface area contributed by atoms with E-state index in [-0.39, 0.29) is 12.7 Å². The third-order valence-corrected chi connectivity index (χ3v) is 6.63. The van der Waals surface area contributed by atoms with E-state index >= 15 is 0 Å². The van der Waals surface area contributed by atoms with Gasteiger partial charge in [-0.2, -0.15) is 9.97 Å². The lowest BCUT2D eigenvalue weighted by atomic mass is 9.82. The van der Waals surface area contributed by atoms with Crippen molar-refractivity contribution in [1.29, 1.82) is 0 Å². The first-order valence-electron chi connectivity index (χ1n) is 11.9. The molecule has 4 rings (SSSR count). The summed E-state index contributed by atoms with van der Waals surface area (Å²) in [5.74, 6) is 3.11. The van der Waals surface area contributed by atoms with Crippen LogP contribution in [0.25, 0.3) is 0 Å². The summed E-state index contributed by atoms with van der Waals surface area (Å²) < 4.78 is 5.45. The van der Waals surface area contributed by atoms with E-state index in [2.05, 4.69) is 20.2 Å². The molecule has 1 aliphatic carbocycles. The molecule has 33 heavy (non-hydrogen) atoms. The Morgan fingerprint density at radius 2 is 1.73 bits per heavy atom. The molecule has 1 aromatic carbocycles. The quantitative estimate of drug-likeness (QED) is 0.585. The molecule has 1 saturated heterocycles. The Labute approximate surface area is 195 Å². The van der Waals surface area contributed by atoms with Crippen LogP contribution in [-0.2, 0) is 11.3 Å². The van der Waals surface area contributed by atoms with Crippen molar-refractivity contribution in [2.75, 3.05) is 55.2 Å². The summed E-state index contributed by atoms with van der Waals surface area (Å²) in [7, 11) is 0. The highest BCUT2D eigenvalue weighted by molar-refractivity contribution is 5.68. The van der Waals surface area contributed by atoms with Crippen molar-refractivity contribution >= 4 is 23.7 Å². The zero-order valence-electron chi connectivity index (χ0n) is 19.2. The van der Waals surface area contributed by atoms with E-state index < -0.39 is 0 Å². The summed E-state index contributed by atoms with van der Waals surface area (Å²) in [4.78, 5) is 25.3. The topological polar surface area (TPSA) is 123 Å². The van der Waals surface area contributed by atoms with Crippen LogP contribution in [0.3, 0.4) is 0 Å². The van der Waals surface area contributed by atoms with Gasteiger partial charge >= 0.3 is 6.09 Å². The van der Waals surface area contributed by atoms with E-state index in [9.17, 15) is 4.79 Å². The summed E-state index contributed by atoms with van der Waals surface area (Å²) >= 11 is 0. The monoisotopic (exact) mass is 453 g/mol. The average molecular weight is 454 g/mol. The van der Waals surface area contributed by atoms with Crippen LogP contribution in [0.4, 0.5) is 22.4 Å². The van der Waals surface area contributed by atoms with Gasteiger partial charge in [-0.3, -0.25) is 0 Å². The average Bonchev–Trinajstić information content (AvgIpc) is 2.87. The number of hydrogen-bond donors (Lipinski definition) is 3. The van der Waals surface area contributed by atoms with Gasteiger partial charge in [0.2, 0.25) is 5.95 Å². The van der Waals surface area contributed by atoms with E-state index in [0.717, 1.165) is 24.5 Å². The number of carbonyl (C=O) groups is 1. The maximum absolute atomic E-state index is 12.4. The molecule has 5 N–H and O–H groups in total. The zero-order chi connectivity index (χ0) is 23.0. The molecule has 1 aromatic heterocycles. The van der Waals surface area contributed by atoms with Gasteiger partial charge in [0.25, 0.3) is 0 Å². The van der Waals surface area contributed by atoms with Crippen molar-refractivity contribution in [1.82, 2.24) is 14.9 Å². The third kappa shape index (κ3) is 6.47. The summed E-state index contributed by atoms with van der Waals surface area (Å²) in [5.41, 5.74) is 12.8. The standard InChI is InChI=1S/C24H35N7O2/c25-15-18-6-8-19(9-7-18)16-27-22-14-21(26)28-23(29-22)30-10-12-31(13-11-30)24(32)33-17-20-4-2-1-3-5-20/h1-5,14,18-19H,6-13,15-17,25H2,(H3,26,27,28,29). The second-order valence-corrected chi connectivity index (χ2v) is 9.00. The van der Waals surface area contributed by atoms with Gasteiger partial charge in [-0.1, -0.05) is 30.3 Å². The van der Waals surface area contributed by atoms with Gasteiger partial charge < -0.3 is 31.3 Å². The van der Waals surface area contributed by atoms with Crippen LogP contribution in [0.5, 0.6) is 0 Å². The van der Waals surface area contributed by atoms with Crippen molar-refractivity contribution in [3.05, 3.63) is 42.0 Å². The van der Waals surface area contributed by atoms with E-state index in [1.807, 2.05) is 30.3 Å². The molecule has 2 aromatic rings. The molecule has 1 aliphatic heterocycles. The zero-order valence-corrected chi connectivity index (χ0v) is 19.2. The number of amides is 1. The Kier molecular flexibility index (Phi) is 7.83. The fraction of sp³-hybridized carbons (Fsp3) is 0.542. The molecule has 1 amide bonds. The Morgan fingerprint density at radius 1 is 1.03 bits per heavy atom. The van der Waals surface area contributed by atoms with Crippen LogP contribution in [0.1, 0.15) is 31.2 Å². The summed E-state index contributed by atoms with van der Waals surface area (Å²) in [6, 6.07) is 11.5. The van der Waals surface area contributed by atoms with E-state index in [4.69, 9.17) is 16.2 Å². The number of carbonyl (C=O) groups excluding carboxylic acids is 1. The smallest absolute Gasteiger partial charge is 0.410 e. The minimum atomic E-state index is -0.293. The molecular weight excluding hydrogens is 418 g/mol. The van der Waals surface area contributed by atoms with Crippen LogP contribution >= 0.6 is 0 Å². The molecule has 2 fully saturated rings. The Hall–Kier alpha value is -3.07. The van der Waals surface area contributed by atoms with Crippen molar-refractivity contribution in [3.63, 3.8) is 0 Å². The molecule has 0 atom stereocenters. The van der Waals surface area contributed by atoms with Crippen molar-refractivity contribution in [2.24, 2.45) is 17.6 Å². The molecule has 0 unspecified atom stereocenters. The predicted octanol–water partition coefficient (Wildman–Crippen LogP) is 2.69. The second kappa shape index (κ2) is 11.2. The highest BCUT2D eigenvalue weighted by Crippen LogP contribution is 2.28. The van der Waals surface area contributed by atoms with Crippen molar-refractivity contribution in [2.45, 2.75) is 32.3 Å². The van der Waals surface area contributed by atoms with E-state index in [0.29, 0.717) is 49.8 Å². The normalized spacial score (nSPS) is 21.0. The minimum absolute atomic E-state index is 0.279. The maximum Gasteiger partial charge on any atom is 0.410 e. The van der Waals surface area contributed by atoms with Crippen molar-refractivity contribution in [3.8, 4) is 0 Å². The lowest BCUT2D eigenvalue weighted by Crippen LogP contribution is -2.49. The first-order chi connectivity index (χ1) is 16.1. The number of nitrogens with one attached hydrogen (secondary N) is 1. The Morgan fingerprint density at radius 3 is 2.42 bits per heavy atom. The van der Waals surface area contributed by atoms with E-state index in [1.165, 1.54) is 25.7 Å². The number of nitrogens with two attached hydrogens (primary N) is 2. The van der Waals surface area contributed by atoms with Crippen LogP contribution in [0, 0.1) is 11.8 Å². The number of nitrogens with zero attached hydrogens (tertiary/aromatic N) is 4. The highest BCUT2D eigenvalue weighted by Gasteiger charge is 2.24. The van der Waals surface area contributed by atoms with Crippen LogP contribution in [-0.4, -0.2) is 60.2 Å². The highest BCUT2D eigenvalue weighted by atomic mass is 16.6. The van der Waals surface area contributed by atoms with Gasteiger partial charge in [0, 0.05) is 38.8 Å². The molecule has 9 nitrogen and oxygen atoms in total. The Bertz CT molecular complexity index is 895. The van der Waals surface area contributed by atoms with Gasteiger partial charge in [-0.15, -0.1) is 0 Å². The summed E-state index contributed by atoms with van der Waals surface area (Å²) in [6.45, 7) is 4.33. The van der Waals surface area contributed by atoms with E-state index in [1.54, 1.807) is 11.0 Å². The number of anilines is 3. The van der Waals surface area contributed by atoms with Gasteiger partial charge in [-0.25, -0.2) is 4.79 Å².